The molecule has 2 saturated heterocycles. The molecule has 3 unspecified atom stereocenters. The van der Waals surface area contributed by atoms with Gasteiger partial charge in [0.25, 0.3) is 0 Å². The number of nitrogens with one attached hydrogen (secondary N) is 1. The lowest BCUT2D eigenvalue weighted by molar-refractivity contribution is -0.146. The van der Waals surface area contributed by atoms with E-state index in [1.165, 1.54) is 38.5 Å². The van der Waals surface area contributed by atoms with Gasteiger partial charge in [-0.25, -0.2) is 0 Å². The molecule has 4 heteroatoms. The summed E-state index contributed by atoms with van der Waals surface area (Å²) in [6.45, 7) is 6.32. The molecule has 0 amide bonds. The van der Waals surface area contributed by atoms with Gasteiger partial charge in [0.05, 0.1) is 31.5 Å². The first kappa shape index (κ1) is 15.7. The largest absolute Gasteiger partial charge is 0.376 e. The Bertz CT molecular complexity index is 306. The normalized spacial score (nSPS) is 34.7. The second-order valence-corrected chi connectivity index (χ2v) is 6.91. The molecular weight excluding hydrogens is 266 g/mol. The Balaban J connectivity index is 1.66. The molecule has 3 aliphatic rings. The highest BCUT2D eigenvalue weighted by molar-refractivity contribution is 4.95. The third-order valence-electron chi connectivity index (χ3n) is 5.49. The maximum atomic E-state index is 6.25. The average molecular weight is 297 g/mol. The molecule has 0 bridgehead atoms. The summed E-state index contributed by atoms with van der Waals surface area (Å²) >= 11 is 0. The van der Waals surface area contributed by atoms with E-state index < -0.39 is 0 Å². The number of rotatable bonds is 4. The van der Waals surface area contributed by atoms with Crippen LogP contribution in [0.5, 0.6) is 0 Å². The maximum absolute atomic E-state index is 6.25. The zero-order valence-electron chi connectivity index (χ0n) is 13.4. The van der Waals surface area contributed by atoms with Gasteiger partial charge < -0.3 is 19.5 Å². The Morgan fingerprint density at radius 3 is 2.71 bits per heavy atom. The molecule has 3 fully saturated rings. The highest BCUT2D eigenvalue weighted by Crippen LogP contribution is 2.42. The lowest BCUT2D eigenvalue weighted by Gasteiger charge is -2.47. The van der Waals surface area contributed by atoms with Gasteiger partial charge in [-0.15, -0.1) is 0 Å². The van der Waals surface area contributed by atoms with E-state index in [0.717, 1.165) is 39.4 Å². The third kappa shape index (κ3) is 3.79. The van der Waals surface area contributed by atoms with Crippen molar-refractivity contribution in [1.29, 1.82) is 0 Å². The van der Waals surface area contributed by atoms with E-state index in [0.29, 0.717) is 12.0 Å². The molecule has 1 spiro atoms. The number of ether oxygens (including phenoxy) is 3. The van der Waals surface area contributed by atoms with E-state index in [4.69, 9.17) is 14.2 Å². The molecule has 0 aromatic carbocycles. The summed E-state index contributed by atoms with van der Waals surface area (Å²) in [5.74, 6) is 0.656. The van der Waals surface area contributed by atoms with Gasteiger partial charge in [0, 0.05) is 12.6 Å². The summed E-state index contributed by atoms with van der Waals surface area (Å²) in [6.07, 6.45) is 9.12. The Kier molecular flexibility index (Phi) is 5.54. The van der Waals surface area contributed by atoms with Gasteiger partial charge >= 0.3 is 0 Å². The first-order valence-electron chi connectivity index (χ1n) is 8.90. The number of hydrogen-bond donors (Lipinski definition) is 1. The molecule has 3 atom stereocenters. The SMILES string of the molecule is CCNC(C1CCOC2(CCCCC2)C1)C1COCCO1. The van der Waals surface area contributed by atoms with Crippen LogP contribution in [0.15, 0.2) is 0 Å². The first-order chi connectivity index (χ1) is 10.3. The molecule has 1 aliphatic carbocycles. The van der Waals surface area contributed by atoms with Crippen molar-refractivity contribution in [3.8, 4) is 0 Å². The zero-order chi connectivity index (χ0) is 14.5. The molecule has 4 nitrogen and oxygen atoms in total. The van der Waals surface area contributed by atoms with E-state index in [2.05, 4.69) is 12.2 Å². The topological polar surface area (TPSA) is 39.7 Å². The monoisotopic (exact) mass is 297 g/mol. The summed E-state index contributed by atoms with van der Waals surface area (Å²) in [5.41, 5.74) is 0.171. The van der Waals surface area contributed by atoms with Crippen LogP contribution in [0.25, 0.3) is 0 Å². The highest BCUT2D eigenvalue weighted by Gasteiger charge is 2.42. The van der Waals surface area contributed by atoms with Gasteiger partial charge in [0.15, 0.2) is 0 Å². The first-order valence-corrected chi connectivity index (χ1v) is 8.90. The van der Waals surface area contributed by atoms with Gasteiger partial charge in [0.1, 0.15) is 0 Å². The Morgan fingerprint density at radius 2 is 2.00 bits per heavy atom. The van der Waals surface area contributed by atoms with Crippen LogP contribution in [0.3, 0.4) is 0 Å². The minimum atomic E-state index is 0.171. The maximum Gasteiger partial charge on any atom is 0.0964 e. The summed E-state index contributed by atoms with van der Waals surface area (Å²) in [7, 11) is 0. The average Bonchev–Trinajstić information content (AvgIpc) is 2.54. The predicted molar refractivity (Wildman–Crippen MR) is 82.5 cm³/mol. The molecule has 122 valence electrons. The molecule has 3 rings (SSSR count). The highest BCUT2D eigenvalue weighted by atomic mass is 16.6. The molecule has 2 heterocycles. The van der Waals surface area contributed by atoms with Crippen LogP contribution in [-0.4, -0.2) is 50.7 Å². The summed E-state index contributed by atoms with van der Waals surface area (Å²) in [4.78, 5) is 0. The van der Waals surface area contributed by atoms with Crippen LogP contribution < -0.4 is 5.32 Å². The molecule has 0 aromatic heterocycles. The van der Waals surface area contributed by atoms with E-state index in [1.54, 1.807) is 0 Å². The van der Waals surface area contributed by atoms with Gasteiger partial charge in [0.2, 0.25) is 0 Å². The molecule has 21 heavy (non-hydrogen) atoms. The standard InChI is InChI=1S/C17H31NO3/c1-2-18-16(15-13-19-10-11-20-15)14-6-9-21-17(12-14)7-4-3-5-8-17/h14-16,18H,2-13H2,1H3. The molecule has 0 aromatic rings. The van der Waals surface area contributed by atoms with Crippen molar-refractivity contribution in [2.45, 2.75) is 69.6 Å². The van der Waals surface area contributed by atoms with Crippen molar-refractivity contribution in [2.24, 2.45) is 5.92 Å². The van der Waals surface area contributed by atoms with Gasteiger partial charge in [-0.3, -0.25) is 0 Å². The smallest absolute Gasteiger partial charge is 0.0964 e. The summed E-state index contributed by atoms with van der Waals surface area (Å²) in [5, 5.41) is 3.68. The quantitative estimate of drug-likeness (QED) is 0.865. The van der Waals surface area contributed by atoms with Crippen LogP contribution in [0.2, 0.25) is 0 Å². The predicted octanol–water partition coefficient (Wildman–Crippen LogP) is 2.51. The molecule has 1 saturated carbocycles. The van der Waals surface area contributed by atoms with E-state index >= 15 is 0 Å². The van der Waals surface area contributed by atoms with Crippen LogP contribution in [0.4, 0.5) is 0 Å². The fraction of sp³-hybridized carbons (Fsp3) is 1.00. The molecular formula is C17H31NO3. The van der Waals surface area contributed by atoms with E-state index in [1.807, 2.05) is 0 Å². The summed E-state index contributed by atoms with van der Waals surface area (Å²) in [6, 6.07) is 0.415. The lowest BCUT2D eigenvalue weighted by Crippen LogP contribution is -2.54. The molecule has 1 N–H and O–H groups in total. The fourth-order valence-electron chi connectivity index (χ4n) is 4.47. The summed E-state index contributed by atoms with van der Waals surface area (Å²) < 4.78 is 17.9. The van der Waals surface area contributed by atoms with Crippen LogP contribution in [0, 0.1) is 5.92 Å². The van der Waals surface area contributed by atoms with Crippen LogP contribution >= 0.6 is 0 Å². The van der Waals surface area contributed by atoms with Crippen molar-refractivity contribution in [3.63, 3.8) is 0 Å². The van der Waals surface area contributed by atoms with E-state index in [9.17, 15) is 0 Å². The van der Waals surface area contributed by atoms with Crippen molar-refractivity contribution in [2.75, 3.05) is 33.0 Å². The van der Waals surface area contributed by atoms with Crippen molar-refractivity contribution in [3.05, 3.63) is 0 Å². The Hall–Kier alpha value is -0.160. The van der Waals surface area contributed by atoms with E-state index in [-0.39, 0.29) is 11.7 Å². The zero-order valence-corrected chi connectivity index (χ0v) is 13.4. The Morgan fingerprint density at radius 1 is 1.14 bits per heavy atom. The number of likely N-dealkylation sites (N-methyl/N-ethyl adjacent to an activating group) is 1. The molecule has 2 aliphatic heterocycles. The van der Waals surface area contributed by atoms with Crippen molar-refractivity contribution >= 4 is 0 Å². The minimum absolute atomic E-state index is 0.171. The lowest BCUT2D eigenvalue weighted by atomic mass is 9.73. The van der Waals surface area contributed by atoms with Gasteiger partial charge in [-0.05, 0) is 38.1 Å². The molecule has 0 radical (unpaired) electrons. The fourth-order valence-corrected chi connectivity index (χ4v) is 4.47. The van der Waals surface area contributed by atoms with Crippen LogP contribution in [0.1, 0.15) is 51.9 Å². The second kappa shape index (κ2) is 7.40. The van der Waals surface area contributed by atoms with Gasteiger partial charge in [-0.2, -0.15) is 0 Å². The minimum Gasteiger partial charge on any atom is -0.376 e. The Labute approximate surface area is 128 Å². The van der Waals surface area contributed by atoms with Crippen molar-refractivity contribution < 1.29 is 14.2 Å². The number of hydrogen-bond acceptors (Lipinski definition) is 4. The second-order valence-electron chi connectivity index (χ2n) is 6.91. The van der Waals surface area contributed by atoms with Crippen LogP contribution in [-0.2, 0) is 14.2 Å². The van der Waals surface area contributed by atoms with Crippen molar-refractivity contribution in [1.82, 2.24) is 5.32 Å². The third-order valence-corrected chi connectivity index (χ3v) is 5.49. The van der Waals surface area contributed by atoms with Gasteiger partial charge in [-0.1, -0.05) is 26.2 Å².